The van der Waals surface area contributed by atoms with E-state index < -0.39 is 0 Å². The lowest BCUT2D eigenvalue weighted by Crippen LogP contribution is -2.21. The number of anilines is 1. The van der Waals surface area contributed by atoms with Crippen LogP contribution >= 0.6 is 11.8 Å². The lowest BCUT2D eigenvalue weighted by atomic mass is 10.3. The topological polar surface area (TPSA) is 37.6 Å². The van der Waals surface area contributed by atoms with Gasteiger partial charge in [0.1, 0.15) is 0 Å². The predicted molar refractivity (Wildman–Crippen MR) is 88.3 cm³/mol. The number of aromatic nitrogens is 1. The van der Waals surface area contributed by atoms with Crippen LogP contribution in [0.2, 0.25) is 0 Å². The highest BCUT2D eigenvalue weighted by Gasteiger charge is 2.25. The fourth-order valence-corrected chi connectivity index (χ4v) is 2.94. The number of hydrogen-bond donors (Lipinski definition) is 0. The van der Waals surface area contributed by atoms with Crippen molar-refractivity contribution < 1.29 is 4.79 Å². The van der Waals surface area contributed by atoms with Crippen molar-refractivity contribution in [1.82, 2.24) is 4.57 Å². The Balaban J connectivity index is 1.82. The number of carbonyl (C=O) groups is 1. The lowest BCUT2D eigenvalue weighted by Gasteiger charge is -2.17. The molecule has 0 bridgehead atoms. The highest BCUT2D eigenvalue weighted by molar-refractivity contribution is 8.18. The van der Waals surface area contributed by atoms with Crippen LogP contribution in [0.5, 0.6) is 0 Å². The van der Waals surface area contributed by atoms with Crippen molar-refractivity contribution in [2.45, 2.75) is 0 Å². The van der Waals surface area contributed by atoms with Gasteiger partial charge in [0.2, 0.25) is 0 Å². The number of rotatable bonds is 2. The molecule has 2 aromatic rings. The Morgan fingerprint density at radius 3 is 2.62 bits per heavy atom. The van der Waals surface area contributed by atoms with Crippen molar-refractivity contribution in [2.24, 2.45) is 12.0 Å². The van der Waals surface area contributed by atoms with Gasteiger partial charge in [0.05, 0.1) is 4.91 Å². The second kappa shape index (κ2) is 5.61. The van der Waals surface area contributed by atoms with Gasteiger partial charge < -0.3 is 9.47 Å². The number of hydrogen-bond acceptors (Lipinski definition) is 3. The molecule has 1 aromatic carbocycles. The van der Waals surface area contributed by atoms with E-state index in [1.54, 1.807) is 0 Å². The summed E-state index contributed by atoms with van der Waals surface area (Å²) in [4.78, 5) is 18.8. The van der Waals surface area contributed by atoms with Gasteiger partial charge in [-0.1, -0.05) is 18.2 Å². The molecule has 106 valence electrons. The first-order valence-corrected chi connectivity index (χ1v) is 7.39. The number of aliphatic imine (C=N–C) groups is 1. The molecule has 0 unspecified atom stereocenters. The number of amides is 1. The highest BCUT2D eigenvalue weighted by Crippen LogP contribution is 2.31. The van der Waals surface area contributed by atoms with Crippen molar-refractivity contribution in [1.29, 1.82) is 0 Å². The molecule has 0 N–H and O–H groups in total. The average molecular weight is 297 g/mol. The maximum Gasteiger partial charge on any atom is 0.286 e. The van der Waals surface area contributed by atoms with E-state index in [2.05, 4.69) is 4.99 Å². The summed E-state index contributed by atoms with van der Waals surface area (Å²) in [6.07, 6.45) is 3.83. The van der Waals surface area contributed by atoms with Crippen LogP contribution in [-0.4, -0.2) is 22.7 Å². The summed E-state index contributed by atoms with van der Waals surface area (Å²) in [5.41, 5.74) is 2.00. The molecule has 0 atom stereocenters. The zero-order valence-electron chi connectivity index (χ0n) is 11.9. The van der Waals surface area contributed by atoms with Crippen LogP contribution in [0.1, 0.15) is 5.69 Å². The quantitative estimate of drug-likeness (QED) is 0.799. The Labute approximate surface area is 127 Å². The van der Waals surface area contributed by atoms with E-state index in [1.807, 2.05) is 78.3 Å². The minimum absolute atomic E-state index is 0.181. The molecule has 21 heavy (non-hydrogen) atoms. The van der Waals surface area contributed by atoms with Crippen molar-refractivity contribution >= 4 is 34.6 Å². The molecule has 0 saturated carbocycles. The molecular formula is C16H15N3OS. The maximum atomic E-state index is 12.0. The van der Waals surface area contributed by atoms with Crippen LogP contribution in [0.15, 0.2) is 58.6 Å². The van der Waals surface area contributed by atoms with Gasteiger partial charge in [-0.25, -0.2) is 0 Å². The summed E-state index contributed by atoms with van der Waals surface area (Å²) >= 11 is 1.40. The third-order valence-electron chi connectivity index (χ3n) is 3.30. The summed E-state index contributed by atoms with van der Waals surface area (Å²) in [6, 6.07) is 13.8. The number of benzene rings is 1. The van der Waals surface area contributed by atoms with Crippen molar-refractivity contribution in [2.75, 3.05) is 11.9 Å². The molecule has 3 rings (SSSR count). The average Bonchev–Trinajstić information content (AvgIpc) is 3.07. The molecule has 0 saturated heterocycles. The molecular weight excluding hydrogens is 282 g/mol. The molecule has 1 amide bonds. The number of carbonyl (C=O) groups excluding carboxylic acids is 1. The van der Waals surface area contributed by atoms with E-state index in [0.717, 1.165) is 11.4 Å². The Bertz CT molecular complexity index is 731. The fraction of sp³-hybridized carbons (Fsp3) is 0.125. The molecule has 2 heterocycles. The molecule has 1 aromatic heterocycles. The number of para-hydroxylation sites is 1. The maximum absolute atomic E-state index is 12.0. The van der Waals surface area contributed by atoms with Crippen LogP contribution in [-0.2, 0) is 11.8 Å². The van der Waals surface area contributed by atoms with Gasteiger partial charge in [-0.3, -0.25) is 4.79 Å². The minimum atomic E-state index is -0.181. The Morgan fingerprint density at radius 1 is 1.19 bits per heavy atom. The van der Waals surface area contributed by atoms with Crippen LogP contribution in [0.25, 0.3) is 6.08 Å². The first-order chi connectivity index (χ1) is 10.1. The molecule has 5 heteroatoms. The van der Waals surface area contributed by atoms with E-state index in [1.165, 1.54) is 11.8 Å². The molecule has 4 nitrogen and oxygen atoms in total. The fourth-order valence-electron chi connectivity index (χ4n) is 2.06. The lowest BCUT2D eigenvalue weighted by molar-refractivity contribution is -0.113. The molecule has 1 aliphatic heterocycles. The largest absolute Gasteiger partial charge is 0.351 e. The van der Waals surface area contributed by atoms with Crippen LogP contribution in [0.4, 0.5) is 5.69 Å². The predicted octanol–water partition coefficient (Wildman–Crippen LogP) is 3.13. The highest BCUT2D eigenvalue weighted by atomic mass is 32.2. The second-order valence-electron chi connectivity index (χ2n) is 4.75. The zero-order chi connectivity index (χ0) is 14.8. The first kappa shape index (κ1) is 13.7. The SMILES string of the molecule is CN(C1=NC(=O)C(=Cc2cccn2C)S1)c1ccccc1. The molecule has 0 radical (unpaired) electrons. The van der Waals surface area contributed by atoms with Gasteiger partial charge in [-0.15, -0.1) is 0 Å². The number of thioether (sulfide) groups is 1. The van der Waals surface area contributed by atoms with Gasteiger partial charge in [-0.05, 0) is 42.1 Å². The normalized spacial score (nSPS) is 16.4. The molecule has 1 aliphatic rings. The summed E-state index contributed by atoms with van der Waals surface area (Å²) in [5.74, 6) is -0.181. The minimum Gasteiger partial charge on any atom is -0.351 e. The summed E-state index contributed by atoms with van der Waals surface area (Å²) in [6.45, 7) is 0. The van der Waals surface area contributed by atoms with Crippen LogP contribution in [0.3, 0.4) is 0 Å². The summed E-state index contributed by atoms with van der Waals surface area (Å²) < 4.78 is 1.97. The van der Waals surface area contributed by atoms with E-state index in [9.17, 15) is 4.79 Å². The van der Waals surface area contributed by atoms with Gasteiger partial charge in [0.25, 0.3) is 5.91 Å². The Kier molecular flexibility index (Phi) is 3.66. The number of amidine groups is 1. The zero-order valence-corrected chi connectivity index (χ0v) is 12.7. The Morgan fingerprint density at radius 2 is 1.95 bits per heavy atom. The van der Waals surface area contributed by atoms with E-state index in [-0.39, 0.29) is 5.91 Å². The first-order valence-electron chi connectivity index (χ1n) is 6.58. The van der Waals surface area contributed by atoms with Gasteiger partial charge in [-0.2, -0.15) is 4.99 Å². The summed E-state index contributed by atoms with van der Waals surface area (Å²) in [5, 5.41) is 0.701. The molecule has 0 aliphatic carbocycles. The van der Waals surface area contributed by atoms with Crippen molar-refractivity contribution in [3.8, 4) is 0 Å². The third kappa shape index (κ3) is 2.78. The van der Waals surface area contributed by atoms with Crippen molar-refractivity contribution in [3.63, 3.8) is 0 Å². The monoisotopic (exact) mass is 297 g/mol. The van der Waals surface area contributed by atoms with E-state index in [0.29, 0.717) is 10.1 Å². The smallest absolute Gasteiger partial charge is 0.286 e. The van der Waals surface area contributed by atoms with Gasteiger partial charge >= 0.3 is 0 Å². The molecule has 0 spiro atoms. The summed E-state index contributed by atoms with van der Waals surface area (Å²) in [7, 11) is 3.87. The second-order valence-corrected chi connectivity index (χ2v) is 5.76. The van der Waals surface area contributed by atoms with Crippen molar-refractivity contribution in [3.05, 3.63) is 59.3 Å². The molecule has 0 fully saturated rings. The van der Waals surface area contributed by atoms with E-state index >= 15 is 0 Å². The van der Waals surface area contributed by atoms with Gasteiger partial charge in [0.15, 0.2) is 5.17 Å². The third-order valence-corrected chi connectivity index (χ3v) is 4.36. The van der Waals surface area contributed by atoms with E-state index in [4.69, 9.17) is 0 Å². The van der Waals surface area contributed by atoms with Gasteiger partial charge in [0, 0.05) is 31.7 Å². The standard InChI is InChI=1S/C16H15N3OS/c1-18-10-6-9-13(18)11-14-15(20)17-16(21-14)19(2)12-7-4-3-5-8-12/h3-11H,1-2H3. The Hall–Kier alpha value is -2.27. The van der Waals surface area contributed by atoms with Crippen LogP contribution in [0, 0.1) is 0 Å². The van der Waals surface area contributed by atoms with Crippen LogP contribution < -0.4 is 4.90 Å². The number of aryl methyl sites for hydroxylation is 1. The number of nitrogens with zero attached hydrogens (tertiary/aromatic N) is 3.